The zero-order valence-electron chi connectivity index (χ0n) is 11.1. The largest absolute Gasteiger partial charge is 0.369 e. The first-order valence-corrected chi connectivity index (χ1v) is 8.41. The minimum atomic E-state index is -3.73. The summed E-state index contributed by atoms with van der Waals surface area (Å²) in [6.45, 7) is 4.39. The zero-order chi connectivity index (χ0) is 14.6. The van der Waals surface area contributed by atoms with Crippen LogP contribution in [0.15, 0.2) is 23.2 Å². The van der Waals surface area contributed by atoms with Crippen LogP contribution in [0, 0.1) is 0 Å². The maximum absolute atomic E-state index is 12.3. The van der Waals surface area contributed by atoms with Crippen LogP contribution in [0.2, 0.25) is 0 Å². The Bertz CT molecular complexity index is 684. The molecule has 0 fully saturated rings. The minimum Gasteiger partial charge on any atom is -0.369 e. The molecule has 2 rings (SSSR count). The summed E-state index contributed by atoms with van der Waals surface area (Å²) in [7, 11) is -3.73. The summed E-state index contributed by atoms with van der Waals surface area (Å²) in [6.07, 6.45) is 2.26. The molecular weight excluding hydrogens is 298 g/mol. The predicted octanol–water partition coefficient (Wildman–Crippen LogP) is 1.73. The molecule has 7 nitrogen and oxygen atoms in total. The van der Waals surface area contributed by atoms with E-state index >= 15 is 0 Å². The molecule has 0 aliphatic rings. The lowest BCUT2D eigenvalue weighted by molar-refractivity contribution is 0.601. The van der Waals surface area contributed by atoms with Gasteiger partial charge < -0.3 is 5.32 Å². The molecule has 9 heteroatoms. The Balaban J connectivity index is 2.30. The van der Waals surface area contributed by atoms with Gasteiger partial charge in [0.1, 0.15) is 15.7 Å². The molecule has 0 radical (unpaired) electrons. The lowest BCUT2D eigenvalue weighted by Gasteiger charge is -2.09. The van der Waals surface area contributed by atoms with E-state index in [1.807, 2.05) is 13.8 Å². The van der Waals surface area contributed by atoms with Crippen LogP contribution in [0.5, 0.6) is 0 Å². The van der Waals surface area contributed by atoms with Crippen LogP contribution in [0.3, 0.4) is 0 Å². The number of aryl methyl sites for hydroxylation is 1. The lowest BCUT2D eigenvalue weighted by atomic mass is 10.4. The topological polar surface area (TPSA) is 96.9 Å². The van der Waals surface area contributed by atoms with Gasteiger partial charge in [-0.2, -0.15) is 0 Å². The molecule has 20 heavy (non-hydrogen) atoms. The van der Waals surface area contributed by atoms with Crippen molar-refractivity contribution in [2.45, 2.75) is 25.2 Å². The summed E-state index contributed by atoms with van der Waals surface area (Å²) >= 11 is 1.22. The van der Waals surface area contributed by atoms with E-state index in [1.165, 1.54) is 23.6 Å². The predicted molar refractivity (Wildman–Crippen MR) is 78.5 cm³/mol. The van der Waals surface area contributed by atoms with Crippen LogP contribution in [0.1, 0.15) is 18.9 Å². The Morgan fingerprint density at radius 1 is 1.30 bits per heavy atom. The lowest BCUT2D eigenvalue weighted by Crippen LogP contribution is -2.16. The molecule has 0 bridgehead atoms. The zero-order valence-corrected chi connectivity index (χ0v) is 12.8. The van der Waals surface area contributed by atoms with Crippen molar-refractivity contribution in [2.75, 3.05) is 16.6 Å². The fourth-order valence-corrected chi connectivity index (χ4v) is 3.56. The fourth-order valence-electron chi connectivity index (χ4n) is 1.52. The number of pyridine rings is 1. The van der Waals surface area contributed by atoms with E-state index in [1.54, 1.807) is 6.07 Å². The van der Waals surface area contributed by atoms with E-state index in [-0.39, 0.29) is 10.0 Å². The standard InChI is InChI=1S/C11H15N5O2S2/c1-3-9-14-15-11(19-9)16-20(17,18)8-6-5-7-13-10(8)12-4-2/h5-7H,3-4H2,1-2H3,(H,12,13)(H,15,16). The van der Waals surface area contributed by atoms with Crippen molar-refractivity contribution in [1.82, 2.24) is 15.2 Å². The Hall–Kier alpha value is -1.74. The van der Waals surface area contributed by atoms with Crippen molar-refractivity contribution in [3.8, 4) is 0 Å². The van der Waals surface area contributed by atoms with Gasteiger partial charge in [-0.3, -0.25) is 4.72 Å². The Labute approximate surface area is 121 Å². The summed E-state index contributed by atoms with van der Waals surface area (Å²) in [5.74, 6) is 0.322. The van der Waals surface area contributed by atoms with Gasteiger partial charge in [-0.05, 0) is 25.5 Å². The van der Waals surface area contributed by atoms with Crippen LogP contribution in [-0.2, 0) is 16.4 Å². The molecule has 2 aromatic heterocycles. The molecule has 108 valence electrons. The average Bonchev–Trinajstić information content (AvgIpc) is 2.86. The second kappa shape index (κ2) is 6.14. The third-order valence-electron chi connectivity index (χ3n) is 2.40. The van der Waals surface area contributed by atoms with E-state index in [9.17, 15) is 8.42 Å². The molecule has 2 aromatic rings. The van der Waals surface area contributed by atoms with Crippen LogP contribution in [0.4, 0.5) is 10.9 Å². The van der Waals surface area contributed by atoms with Crippen molar-refractivity contribution in [2.24, 2.45) is 0 Å². The Morgan fingerprint density at radius 3 is 2.75 bits per heavy atom. The minimum absolute atomic E-state index is 0.0927. The maximum atomic E-state index is 12.3. The van der Waals surface area contributed by atoms with Crippen molar-refractivity contribution in [3.63, 3.8) is 0 Å². The number of hydrogen-bond acceptors (Lipinski definition) is 7. The molecule has 0 aliphatic carbocycles. The number of anilines is 2. The van der Waals surface area contributed by atoms with Gasteiger partial charge in [0, 0.05) is 12.7 Å². The molecule has 2 N–H and O–H groups in total. The SMILES string of the molecule is CCNc1ncccc1S(=O)(=O)Nc1nnc(CC)s1. The molecule has 0 unspecified atom stereocenters. The normalized spacial score (nSPS) is 11.3. The van der Waals surface area contributed by atoms with Crippen LogP contribution < -0.4 is 10.0 Å². The second-order valence-electron chi connectivity index (χ2n) is 3.84. The van der Waals surface area contributed by atoms with Crippen molar-refractivity contribution >= 4 is 32.3 Å². The number of nitrogens with zero attached hydrogens (tertiary/aromatic N) is 3. The number of hydrogen-bond donors (Lipinski definition) is 2. The molecule has 0 amide bonds. The van der Waals surface area contributed by atoms with Crippen LogP contribution in [-0.4, -0.2) is 30.1 Å². The molecule has 0 aliphatic heterocycles. The molecule has 0 atom stereocenters. The summed E-state index contributed by atoms with van der Waals surface area (Å²) in [5, 5.41) is 11.6. The van der Waals surface area contributed by atoms with Gasteiger partial charge in [0.2, 0.25) is 5.13 Å². The summed E-state index contributed by atoms with van der Waals surface area (Å²) < 4.78 is 27.1. The fraction of sp³-hybridized carbons (Fsp3) is 0.364. The van der Waals surface area contributed by atoms with Gasteiger partial charge in [0.25, 0.3) is 10.0 Å². The number of sulfonamides is 1. The Morgan fingerprint density at radius 2 is 2.10 bits per heavy atom. The highest BCUT2D eigenvalue weighted by atomic mass is 32.2. The summed E-state index contributed by atoms with van der Waals surface area (Å²) in [4.78, 5) is 4.13. The molecule has 0 aromatic carbocycles. The van der Waals surface area contributed by atoms with Gasteiger partial charge >= 0.3 is 0 Å². The quantitative estimate of drug-likeness (QED) is 0.843. The molecule has 0 saturated carbocycles. The van der Waals surface area contributed by atoms with Gasteiger partial charge in [0.15, 0.2) is 0 Å². The van der Waals surface area contributed by atoms with Crippen LogP contribution in [0.25, 0.3) is 0 Å². The third kappa shape index (κ3) is 3.23. The van der Waals surface area contributed by atoms with Gasteiger partial charge in [0.05, 0.1) is 0 Å². The van der Waals surface area contributed by atoms with Crippen molar-refractivity contribution in [1.29, 1.82) is 0 Å². The van der Waals surface area contributed by atoms with E-state index in [0.29, 0.717) is 12.4 Å². The molecular formula is C11H15N5O2S2. The highest BCUT2D eigenvalue weighted by Gasteiger charge is 2.20. The number of rotatable bonds is 6. The first-order valence-electron chi connectivity index (χ1n) is 6.11. The van der Waals surface area contributed by atoms with Gasteiger partial charge in [-0.15, -0.1) is 10.2 Å². The monoisotopic (exact) mass is 313 g/mol. The number of nitrogens with one attached hydrogen (secondary N) is 2. The highest BCUT2D eigenvalue weighted by Crippen LogP contribution is 2.23. The van der Waals surface area contributed by atoms with Gasteiger partial charge in [-0.1, -0.05) is 18.3 Å². The third-order valence-corrected chi connectivity index (χ3v) is 4.88. The first kappa shape index (κ1) is 14.7. The van der Waals surface area contributed by atoms with E-state index in [2.05, 4.69) is 25.2 Å². The van der Waals surface area contributed by atoms with Crippen molar-refractivity contribution in [3.05, 3.63) is 23.3 Å². The highest BCUT2D eigenvalue weighted by molar-refractivity contribution is 7.93. The molecule has 0 saturated heterocycles. The Kier molecular flexibility index (Phi) is 4.50. The second-order valence-corrected chi connectivity index (χ2v) is 6.55. The molecule has 2 heterocycles. The smallest absolute Gasteiger partial charge is 0.267 e. The molecule has 0 spiro atoms. The summed E-state index contributed by atoms with van der Waals surface area (Å²) in [6, 6.07) is 3.07. The number of aromatic nitrogens is 3. The average molecular weight is 313 g/mol. The van der Waals surface area contributed by atoms with E-state index in [4.69, 9.17) is 0 Å². The van der Waals surface area contributed by atoms with Crippen molar-refractivity contribution < 1.29 is 8.42 Å². The van der Waals surface area contributed by atoms with Gasteiger partial charge in [-0.25, -0.2) is 13.4 Å². The van der Waals surface area contributed by atoms with Crippen LogP contribution >= 0.6 is 11.3 Å². The maximum Gasteiger partial charge on any atom is 0.267 e. The van der Waals surface area contributed by atoms with E-state index < -0.39 is 10.0 Å². The van der Waals surface area contributed by atoms with E-state index in [0.717, 1.165) is 11.4 Å². The summed E-state index contributed by atoms with van der Waals surface area (Å²) in [5.41, 5.74) is 0. The first-order chi connectivity index (χ1) is 9.56.